The zero-order chi connectivity index (χ0) is 14.9. The molecular formula is C16H21N3O2. The van der Waals surface area contributed by atoms with Gasteiger partial charge in [0.2, 0.25) is 0 Å². The third-order valence-electron chi connectivity index (χ3n) is 4.46. The maximum Gasteiger partial charge on any atom is 0.272 e. The molecule has 112 valence electrons. The lowest BCUT2D eigenvalue weighted by Crippen LogP contribution is -2.53. The lowest BCUT2D eigenvalue weighted by atomic mass is 9.95. The number of fused-ring (bicyclic) bond motifs is 1. The molecule has 3 heterocycles. The molecule has 1 aliphatic heterocycles. The maximum absolute atomic E-state index is 12.8. The fourth-order valence-electron chi connectivity index (χ4n) is 2.97. The Kier molecular flexibility index (Phi) is 3.68. The van der Waals surface area contributed by atoms with Gasteiger partial charge in [-0.3, -0.25) is 4.79 Å². The Morgan fingerprint density at radius 2 is 2.14 bits per heavy atom. The summed E-state index contributed by atoms with van der Waals surface area (Å²) in [7, 11) is 0. The normalized spacial score (nSPS) is 18.1. The smallest absolute Gasteiger partial charge is 0.272 e. The van der Waals surface area contributed by atoms with Crippen LogP contribution in [0, 0.1) is 0 Å². The average molecular weight is 287 g/mol. The highest BCUT2D eigenvalue weighted by Crippen LogP contribution is 2.26. The molecule has 3 rings (SSSR count). The molecule has 1 saturated heterocycles. The molecule has 1 amide bonds. The van der Waals surface area contributed by atoms with E-state index in [1.807, 2.05) is 29.2 Å². The Bertz CT molecular complexity index is 646. The molecule has 0 saturated carbocycles. The van der Waals surface area contributed by atoms with Crippen LogP contribution in [0.2, 0.25) is 0 Å². The monoisotopic (exact) mass is 287 g/mol. The maximum atomic E-state index is 12.8. The fraction of sp³-hybridized carbons (Fsp3) is 0.500. The summed E-state index contributed by atoms with van der Waals surface area (Å²) in [4.78, 5) is 14.7. The van der Waals surface area contributed by atoms with Gasteiger partial charge in [0.05, 0.1) is 30.5 Å². The van der Waals surface area contributed by atoms with Gasteiger partial charge in [0.1, 0.15) is 5.69 Å². The second kappa shape index (κ2) is 5.48. The highest BCUT2D eigenvalue weighted by molar-refractivity contribution is 5.93. The molecule has 1 fully saturated rings. The Balaban J connectivity index is 1.90. The summed E-state index contributed by atoms with van der Waals surface area (Å²) >= 11 is 0. The molecule has 2 aromatic heterocycles. The highest BCUT2D eigenvalue weighted by Gasteiger charge is 2.36. The molecule has 0 spiro atoms. The van der Waals surface area contributed by atoms with E-state index in [-0.39, 0.29) is 11.5 Å². The lowest BCUT2D eigenvalue weighted by Gasteiger charge is -2.42. The zero-order valence-corrected chi connectivity index (χ0v) is 12.6. The number of pyridine rings is 1. The standard InChI is InChI=1S/C16H21N3O2/c1-3-16(4-2)12-18(10-11-21-16)15(20)14-7-5-6-13-8-9-17-19(13)14/h5-9H,3-4,10-12H2,1-2H3. The van der Waals surface area contributed by atoms with E-state index in [0.717, 1.165) is 18.4 Å². The van der Waals surface area contributed by atoms with Gasteiger partial charge in [0.15, 0.2) is 0 Å². The molecule has 5 heteroatoms. The molecule has 0 N–H and O–H groups in total. The average Bonchev–Trinajstić information content (AvgIpc) is 3.02. The van der Waals surface area contributed by atoms with Gasteiger partial charge in [-0.2, -0.15) is 5.10 Å². The number of hydrogen-bond acceptors (Lipinski definition) is 3. The van der Waals surface area contributed by atoms with Gasteiger partial charge < -0.3 is 9.64 Å². The molecule has 2 aromatic rings. The van der Waals surface area contributed by atoms with Crippen LogP contribution in [0.15, 0.2) is 30.5 Å². The Morgan fingerprint density at radius 3 is 2.90 bits per heavy atom. The number of amides is 1. The fourth-order valence-corrected chi connectivity index (χ4v) is 2.97. The molecule has 0 unspecified atom stereocenters. The lowest BCUT2D eigenvalue weighted by molar-refractivity contribution is -0.103. The van der Waals surface area contributed by atoms with Gasteiger partial charge in [-0.1, -0.05) is 19.9 Å². The minimum absolute atomic E-state index is 0.0267. The van der Waals surface area contributed by atoms with Crippen molar-refractivity contribution >= 4 is 11.4 Å². The number of hydrogen-bond donors (Lipinski definition) is 0. The Labute approximate surface area is 124 Å². The summed E-state index contributed by atoms with van der Waals surface area (Å²) < 4.78 is 7.64. The van der Waals surface area contributed by atoms with Gasteiger partial charge in [-0.05, 0) is 31.0 Å². The number of carbonyl (C=O) groups excluding carboxylic acids is 1. The van der Waals surface area contributed by atoms with E-state index in [9.17, 15) is 4.79 Å². The first-order valence-corrected chi connectivity index (χ1v) is 7.55. The van der Waals surface area contributed by atoms with E-state index >= 15 is 0 Å². The Hall–Kier alpha value is -1.88. The van der Waals surface area contributed by atoms with Crippen LogP contribution < -0.4 is 0 Å². The molecule has 21 heavy (non-hydrogen) atoms. The predicted molar refractivity (Wildman–Crippen MR) is 80.4 cm³/mol. The quantitative estimate of drug-likeness (QED) is 0.870. The second-order valence-corrected chi connectivity index (χ2v) is 5.54. The van der Waals surface area contributed by atoms with Crippen molar-refractivity contribution in [1.29, 1.82) is 0 Å². The number of morpholine rings is 1. The van der Waals surface area contributed by atoms with E-state index < -0.39 is 0 Å². The van der Waals surface area contributed by atoms with Gasteiger partial charge in [-0.15, -0.1) is 0 Å². The SMILES string of the molecule is CCC1(CC)CN(C(=O)c2cccc3ccnn23)CCO1. The van der Waals surface area contributed by atoms with Crippen molar-refractivity contribution in [2.75, 3.05) is 19.7 Å². The van der Waals surface area contributed by atoms with Crippen LogP contribution in [-0.4, -0.2) is 45.7 Å². The third-order valence-corrected chi connectivity index (χ3v) is 4.46. The second-order valence-electron chi connectivity index (χ2n) is 5.54. The first-order valence-electron chi connectivity index (χ1n) is 7.55. The van der Waals surface area contributed by atoms with Crippen LogP contribution in [-0.2, 0) is 4.74 Å². The number of ether oxygens (including phenoxy) is 1. The molecule has 0 aromatic carbocycles. The molecule has 0 radical (unpaired) electrons. The molecule has 0 aliphatic carbocycles. The van der Waals surface area contributed by atoms with Gasteiger partial charge in [0.25, 0.3) is 5.91 Å². The summed E-state index contributed by atoms with van der Waals surface area (Å²) in [6.07, 6.45) is 3.55. The van der Waals surface area contributed by atoms with Crippen molar-refractivity contribution in [2.45, 2.75) is 32.3 Å². The van der Waals surface area contributed by atoms with Crippen molar-refractivity contribution in [1.82, 2.24) is 14.5 Å². The number of aromatic nitrogens is 2. The van der Waals surface area contributed by atoms with Crippen LogP contribution in [0.1, 0.15) is 37.2 Å². The first-order chi connectivity index (χ1) is 10.2. The van der Waals surface area contributed by atoms with Crippen molar-refractivity contribution in [3.8, 4) is 0 Å². The summed E-state index contributed by atoms with van der Waals surface area (Å²) in [5, 5.41) is 4.25. The van der Waals surface area contributed by atoms with Crippen LogP contribution in [0.3, 0.4) is 0 Å². The molecule has 0 atom stereocenters. The van der Waals surface area contributed by atoms with Crippen LogP contribution in [0.25, 0.3) is 5.52 Å². The number of rotatable bonds is 3. The molecule has 5 nitrogen and oxygen atoms in total. The van der Waals surface area contributed by atoms with Crippen LogP contribution in [0.4, 0.5) is 0 Å². The summed E-state index contributed by atoms with van der Waals surface area (Å²) in [6, 6.07) is 7.58. The first kappa shape index (κ1) is 14.1. The van der Waals surface area contributed by atoms with Crippen molar-refractivity contribution < 1.29 is 9.53 Å². The van der Waals surface area contributed by atoms with Crippen LogP contribution >= 0.6 is 0 Å². The Morgan fingerprint density at radius 1 is 1.33 bits per heavy atom. The minimum atomic E-state index is -0.202. The summed E-state index contributed by atoms with van der Waals surface area (Å²) in [6.45, 7) is 6.12. The zero-order valence-electron chi connectivity index (χ0n) is 12.6. The summed E-state index contributed by atoms with van der Waals surface area (Å²) in [5.41, 5.74) is 1.35. The number of carbonyl (C=O) groups is 1. The van der Waals surface area contributed by atoms with Crippen LogP contribution in [0.5, 0.6) is 0 Å². The predicted octanol–water partition coefficient (Wildman–Crippen LogP) is 2.37. The summed E-state index contributed by atoms with van der Waals surface area (Å²) in [5.74, 6) is 0.0267. The topological polar surface area (TPSA) is 46.8 Å². The van der Waals surface area contributed by atoms with E-state index in [2.05, 4.69) is 18.9 Å². The molecule has 0 bridgehead atoms. The largest absolute Gasteiger partial charge is 0.371 e. The third kappa shape index (κ3) is 2.42. The van der Waals surface area contributed by atoms with E-state index in [4.69, 9.17) is 4.74 Å². The van der Waals surface area contributed by atoms with Crippen molar-refractivity contribution in [3.05, 3.63) is 36.2 Å². The number of nitrogens with zero attached hydrogens (tertiary/aromatic N) is 3. The van der Waals surface area contributed by atoms with E-state index in [0.29, 0.717) is 25.4 Å². The molecular weight excluding hydrogens is 266 g/mol. The molecule has 1 aliphatic rings. The van der Waals surface area contributed by atoms with Crippen molar-refractivity contribution in [3.63, 3.8) is 0 Å². The van der Waals surface area contributed by atoms with E-state index in [1.165, 1.54) is 0 Å². The van der Waals surface area contributed by atoms with Gasteiger partial charge in [-0.25, -0.2) is 4.52 Å². The van der Waals surface area contributed by atoms with Gasteiger partial charge in [0, 0.05) is 6.54 Å². The van der Waals surface area contributed by atoms with E-state index in [1.54, 1.807) is 10.7 Å². The minimum Gasteiger partial charge on any atom is -0.371 e. The van der Waals surface area contributed by atoms with Crippen molar-refractivity contribution in [2.24, 2.45) is 0 Å². The highest BCUT2D eigenvalue weighted by atomic mass is 16.5. The van der Waals surface area contributed by atoms with Gasteiger partial charge >= 0.3 is 0 Å².